The fourth-order valence-electron chi connectivity index (χ4n) is 1.76. The van der Waals surface area contributed by atoms with Gasteiger partial charge in [-0.3, -0.25) is 4.79 Å². The van der Waals surface area contributed by atoms with Gasteiger partial charge < -0.3 is 10.8 Å². The molecule has 2 heterocycles. The van der Waals surface area contributed by atoms with Gasteiger partial charge in [0.05, 0.1) is 18.0 Å². The number of carbonyl (C=O) groups excluding carboxylic acids is 1. The predicted octanol–water partition coefficient (Wildman–Crippen LogP) is -0.305. The third-order valence-corrected chi connectivity index (χ3v) is 2.98. The summed E-state index contributed by atoms with van der Waals surface area (Å²) in [6.45, 7) is 0. The van der Waals surface area contributed by atoms with E-state index in [0.717, 1.165) is 4.68 Å². The van der Waals surface area contributed by atoms with Crippen LogP contribution in [0.2, 0.25) is 0 Å². The number of amides is 1. The summed E-state index contributed by atoms with van der Waals surface area (Å²) in [5, 5.41) is 26.8. The number of nitrogens with zero attached hydrogens (tertiary/aromatic N) is 6. The number of carboxylic acids is 1. The van der Waals surface area contributed by atoms with E-state index in [0.29, 0.717) is 5.56 Å². The van der Waals surface area contributed by atoms with Crippen molar-refractivity contribution in [3.8, 4) is 5.82 Å². The lowest BCUT2D eigenvalue weighted by atomic mass is 10.1. The van der Waals surface area contributed by atoms with E-state index >= 15 is 0 Å². The van der Waals surface area contributed by atoms with Crippen LogP contribution in [0.3, 0.4) is 0 Å². The minimum absolute atomic E-state index is 0.000290. The van der Waals surface area contributed by atoms with Crippen LogP contribution in [0.4, 0.5) is 5.82 Å². The molecule has 12 heteroatoms. The van der Waals surface area contributed by atoms with E-state index in [1.807, 2.05) is 0 Å². The summed E-state index contributed by atoms with van der Waals surface area (Å²) in [6.07, 6.45) is 2.63. The van der Waals surface area contributed by atoms with Crippen LogP contribution in [0.15, 0.2) is 40.2 Å². The summed E-state index contributed by atoms with van der Waals surface area (Å²) in [5.41, 5.74) is 8.51. The number of nitrogen functional groups attached to an aromatic ring is 1. The maximum Gasteiger partial charge on any atom is 0.335 e. The lowest BCUT2D eigenvalue weighted by Crippen LogP contribution is -2.18. The number of carboxylic acid groups (broad SMARTS) is 1. The van der Waals surface area contributed by atoms with Gasteiger partial charge in [-0.15, -0.1) is 5.10 Å². The van der Waals surface area contributed by atoms with Crippen molar-refractivity contribution in [1.29, 1.82) is 0 Å². The minimum atomic E-state index is -1.03. The molecule has 12 nitrogen and oxygen atoms in total. The monoisotopic (exact) mass is 342 g/mol. The number of aromatic nitrogens is 5. The summed E-state index contributed by atoms with van der Waals surface area (Å²) >= 11 is 0. The first-order valence-electron chi connectivity index (χ1n) is 6.72. The Bertz CT molecular complexity index is 943. The maximum absolute atomic E-state index is 11.9. The van der Waals surface area contributed by atoms with Gasteiger partial charge in [0.15, 0.2) is 5.69 Å². The lowest BCUT2D eigenvalue weighted by Gasteiger charge is -1.96. The molecule has 25 heavy (non-hydrogen) atoms. The van der Waals surface area contributed by atoms with Gasteiger partial charge in [0.25, 0.3) is 5.91 Å². The molecule has 0 bridgehead atoms. The van der Waals surface area contributed by atoms with Crippen molar-refractivity contribution in [2.24, 2.45) is 5.10 Å². The van der Waals surface area contributed by atoms with Crippen molar-refractivity contribution >= 4 is 23.9 Å². The van der Waals surface area contributed by atoms with Crippen LogP contribution in [-0.4, -0.2) is 48.5 Å². The SMILES string of the molecule is Nc1nonc1-n1cc(C(=O)NN=Cc2ccc(C(=O)O)cc2)nn1. The summed E-state index contributed by atoms with van der Waals surface area (Å²) < 4.78 is 5.57. The van der Waals surface area contributed by atoms with Gasteiger partial charge in [-0.2, -0.15) is 9.78 Å². The van der Waals surface area contributed by atoms with Crippen LogP contribution < -0.4 is 11.2 Å². The van der Waals surface area contributed by atoms with Gasteiger partial charge in [0.1, 0.15) is 0 Å². The van der Waals surface area contributed by atoms with Crippen molar-refractivity contribution < 1.29 is 19.3 Å². The van der Waals surface area contributed by atoms with Crippen LogP contribution >= 0.6 is 0 Å². The lowest BCUT2D eigenvalue weighted by molar-refractivity contribution is 0.0696. The van der Waals surface area contributed by atoms with Crippen LogP contribution in [0.1, 0.15) is 26.4 Å². The quantitative estimate of drug-likeness (QED) is 0.415. The fraction of sp³-hybridized carbons (Fsp3) is 0. The first-order chi connectivity index (χ1) is 12.0. The van der Waals surface area contributed by atoms with Crippen molar-refractivity contribution in [2.45, 2.75) is 0 Å². The van der Waals surface area contributed by atoms with Gasteiger partial charge in [0, 0.05) is 0 Å². The van der Waals surface area contributed by atoms with Crippen LogP contribution in [0, 0.1) is 0 Å². The minimum Gasteiger partial charge on any atom is -0.478 e. The molecular weight excluding hydrogens is 332 g/mol. The number of hydrogen-bond donors (Lipinski definition) is 3. The van der Waals surface area contributed by atoms with Crippen molar-refractivity contribution in [3.05, 3.63) is 47.3 Å². The second-order valence-corrected chi connectivity index (χ2v) is 4.65. The van der Waals surface area contributed by atoms with Gasteiger partial charge in [-0.05, 0) is 28.0 Å². The standard InChI is InChI=1S/C13H10N8O4/c14-10-11(19-25-18-10)21-6-9(16-20-21)12(22)17-15-5-7-1-3-8(4-2-7)13(23)24/h1-6H,(H2,14,18)(H,17,22)(H,23,24). The third-order valence-electron chi connectivity index (χ3n) is 2.98. The van der Waals surface area contributed by atoms with Gasteiger partial charge in [-0.1, -0.05) is 17.3 Å². The molecule has 0 fully saturated rings. The number of aromatic carboxylic acids is 1. The second kappa shape index (κ2) is 6.57. The summed E-state index contributed by atoms with van der Waals surface area (Å²) in [5.74, 6) is -1.53. The molecule has 1 amide bonds. The van der Waals surface area contributed by atoms with Gasteiger partial charge >= 0.3 is 5.97 Å². The Labute approximate surface area is 138 Å². The van der Waals surface area contributed by atoms with E-state index in [9.17, 15) is 9.59 Å². The number of hydrogen-bond acceptors (Lipinski definition) is 9. The third kappa shape index (κ3) is 3.47. The Hall–Kier alpha value is -4.09. The fourth-order valence-corrected chi connectivity index (χ4v) is 1.76. The van der Waals surface area contributed by atoms with Gasteiger partial charge in [0.2, 0.25) is 11.6 Å². The zero-order chi connectivity index (χ0) is 17.8. The average molecular weight is 342 g/mol. The van der Waals surface area contributed by atoms with Gasteiger partial charge in [-0.25, -0.2) is 14.8 Å². The summed E-state index contributed by atoms with van der Waals surface area (Å²) in [6, 6.07) is 5.95. The number of nitrogens with two attached hydrogens (primary N) is 1. The highest BCUT2D eigenvalue weighted by molar-refractivity contribution is 5.93. The van der Waals surface area contributed by atoms with Crippen LogP contribution in [-0.2, 0) is 0 Å². The zero-order valence-corrected chi connectivity index (χ0v) is 12.4. The topological polar surface area (TPSA) is 174 Å². The molecule has 0 aliphatic rings. The highest BCUT2D eigenvalue weighted by Crippen LogP contribution is 2.09. The zero-order valence-electron chi connectivity index (χ0n) is 12.4. The Morgan fingerprint density at radius 1 is 1.28 bits per heavy atom. The van der Waals surface area contributed by atoms with E-state index in [2.05, 4.69) is 35.8 Å². The Balaban J connectivity index is 1.64. The molecule has 0 saturated heterocycles. The second-order valence-electron chi connectivity index (χ2n) is 4.65. The Kier molecular flexibility index (Phi) is 4.15. The first kappa shape index (κ1) is 15.8. The highest BCUT2D eigenvalue weighted by Gasteiger charge is 2.15. The molecule has 0 unspecified atom stereocenters. The largest absolute Gasteiger partial charge is 0.478 e. The van der Waals surface area contributed by atoms with Crippen molar-refractivity contribution in [1.82, 2.24) is 30.7 Å². The number of hydrazone groups is 1. The predicted molar refractivity (Wildman–Crippen MR) is 82.1 cm³/mol. The first-order valence-corrected chi connectivity index (χ1v) is 6.72. The summed E-state index contributed by atoms with van der Waals surface area (Å²) in [4.78, 5) is 22.7. The maximum atomic E-state index is 11.9. The molecule has 0 atom stereocenters. The Morgan fingerprint density at radius 3 is 2.68 bits per heavy atom. The highest BCUT2D eigenvalue weighted by atomic mass is 16.6. The molecular formula is C13H10N8O4. The normalized spacial score (nSPS) is 10.9. The smallest absolute Gasteiger partial charge is 0.335 e. The average Bonchev–Trinajstić information content (AvgIpc) is 3.24. The molecule has 0 saturated carbocycles. The van der Waals surface area contributed by atoms with E-state index in [1.54, 1.807) is 12.1 Å². The Morgan fingerprint density at radius 2 is 2.04 bits per heavy atom. The number of nitrogens with one attached hydrogen (secondary N) is 1. The van der Waals surface area contributed by atoms with Crippen molar-refractivity contribution in [2.75, 3.05) is 5.73 Å². The molecule has 2 aromatic heterocycles. The van der Waals surface area contributed by atoms with Crippen LogP contribution in [0.5, 0.6) is 0 Å². The molecule has 4 N–H and O–H groups in total. The molecule has 0 spiro atoms. The van der Waals surface area contributed by atoms with E-state index in [1.165, 1.54) is 24.5 Å². The molecule has 0 aliphatic heterocycles. The van der Waals surface area contributed by atoms with Crippen molar-refractivity contribution in [3.63, 3.8) is 0 Å². The van der Waals surface area contributed by atoms with E-state index in [4.69, 9.17) is 10.8 Å². The van der Waals surface area contributed by atoms with Crippen LogP contribution in [0.25, 0.3) is 5.82 Å². The number of carbonyl (C=O) groups is 2. The molecule has 1 aromatic carbocycles. The number of rotatable bonds is 5. The molecule has 126 valence electrons. The van der Waals surface area contributed by atoms with E-state index < -0.39 is 11.9 Å². The number of anilines is 1. The van der Waals surface area contributed by atoms with E-state index in [-0.39, 0.29) is 22.9 Å². The molecule has 3 rings (SSSR count). The molecule has 0 radical (unpaired) electrons. The molecule has 0 aliphatic carbocycles. The number of benzene rings is 1. The molecule has 3 aromatic rings. The summed E-state index contributed by atoms with van der Waals surface area (Å²) in [7, 11) is 0.